The minimum Gasteiger partial charge on any atom is -0.495 e. The van der Waals surface area contributed by atoms with Crippen molar-refractivity contribution in [2.45, 2.75) is 107 Å². The van der Waals surface area contributed by atoms with E-state index in [9.17, 15) is 24.3 Å². The summed E-state index contributed by atoms with van der Waals surface area (Å²) in [6.07, 6.45) is 1.15. The molecule has 3 aliphatic rings. The van der Waals surface area contributed by atoms with Gasteiger partial charge in [0.1, 0.15) is 40.7 Å². The fourth-order valence-electron chi connectivity index (χ4n) is 6.71. The number of carbonyl (C=O) groups excluding carboxylic acids is 4. The molecule has 9 atom stereocenters. The number of nitrogens with zero attached hydrogens (tertiary/aromatic N) is 2. The summed E-state index contributed by atoms with van der Waals surface area (Å²) < 4.78 is 29.3. The summed E-state index contributed by atoms with van der Waals surface area (Å²) in [5.74, 6) is -1.02. The number of nitrogens with one attached hydrogen (secondary N) is 1. The molecule has 3 amide bonds. The Kier molecular flexibility index (Phi) is 14.3. The molecule has 13 nitrogen and oxygen atoms in total. The van der Waals surface area contributed by atoms with E-state index in [-0.39, 0.29) is 34.8 Å². The molecule has 2 fully saturated rings. The van der Waals surface area contributed by atoms with E-state index in [2.05, 4.69) is 17.9 Å². The van der Waals surface area contributed by atoms with Crippen LogP contribution >= 0.6 is 36.0 Å². The maximum Gasteiger partial charge on any atom is 0.409 e. The monoisotopic (exact) mass is 797 g/mol. The average Bonchev–Trinajstić information content (AvgIpc) is 3.79. The van der Waals surface area contributed by atoms with E-state index < -0.39 is 65.7 Å². The highest BCUT2D eigenvalue weighted by Crippen LogP contribution is 2.49. The molecule has 0 saturated carbocycles. The van der Waals surface area contributed by atoms with Crippen molar-refractivity contribution in [3.05, 3.63) is 46.5 Å². The maximum absolute atomic E-state index is 14.1. The number of benzene rings is 1. The molecule has 4 rings (SSSR count). The van der Waals surface area contributed by atoms with Gasteiger partial charge in [-0.2, -0.15) is 12.6 Å². The van der Waals surface area contributed by atoms with Gasteiger partial charge in [0.15, 0.2) is 5.72 Å². The van der Waals surface area contributed by atoms with Crippen LogP contribution in [0, 0.1) is 5.92 Å². The summed E-state index contributed by atoms with van der Waals surface area (Å²) in [5.41, 5.74) is -0.909. The molecular weight excluding hydrogens is 746 g/mol. The second kappa shape index (κ2) is 17.7. The van der Waals surface area contributed by atoms with Gasteiger partial charge in [-0.05, 0) is 51.8 Å². The first-order chi connectivity index (χ1) is 24.8. The molecule has 294 valence electrons. The van der Waals surface area contributed by atoms with E-state index in [0.29, 0.717) is 23.6 Å². The van der Waals surface area contributed by atoms with Crippen molar-refractivity contribution in [2.75, 3.05) is 39.0 Å². The third-order valence-corrected chi connectivity index (χ3v) is 11.9. The quantitative estimate of drug-likeness (QED) is 0.135. The normalized spacial score (nSPS) is 31.8. The van der Waals surface area contributed by atoms with E-state index >= 15 is 0 Å². The van der Waals surface area contributed by atoms with Crippen LogP contribution in [0.1, 0.15) is 59.4 Å². The van der Waals surface area contributed by atoms with Gasteiger partial charge in [0.2, 0.25) is 11.8 Å². The SMILES string of the molecule is COc1cc2cc(c1Cl)N(C)C(=O)C[C@H](OC(=O)[C@H](C)N(C)C(=O)CCSC(C)S)[C@]1(C)O[C@H]1[C@H](C)[C@@H]1C[C@@](O)(NC(=O)O1)[C@H](OC)/C=C/C=C(\C)C2. The number of epoxide rings is 1. The number of likely N-dealkylation sites (N-methyl/N-ethyl adjacent to an activating group) is 1. The average molecular weight is 798 g/mol. The fraction of sp³-hybridized carbons (Fsp3) is 0.622. The molecule has 0 aliphatic carbocycles. The van der Waals surface area contributed by atoms with Crippen molar-refractivity contribution < 1.29 is 48.0 Å². The van der Waals surface area contributed by atoms with Gasteiger partial charge in [0.05, 0.1) is 25.3 Å². The van der Waals surface area contributed by atoms with E-state index in [1.165, 1.54) is 42.8 Å². The molecule has 0 spiro atoms. The number of allylic oxidation sites excluding steroid dienone is 3. The third kappa shape index (κ3) is 10.0. The van der Waals surface area contributed by atoms with Crippen LogP contribution in [0.2, 0.25) is 5.02 Å². The number of rotatable bonds is 9. The van der Waals surface area contributed by atoms with Gasteiger partial charge >= 0.3 is 12.1 Å². The van der Waals surface area contributed by atoms with Crippen molar-refractivity contribution in [1.82, 2.24) is 10.2 Å². The Balaban J connectivity index is 1.73. The van der Waals surface area contributed by atoms with Gasteiger partial charge < -0.3 is 38.6 Å². The lowest BCUT2D eigenvalue weighted by Gasteiger charge is -2.42. The highest BCUT2D eigenvalue weighted by atomic mass is 35.5. The van der Waals surface area contributed by atoms with Crippen molar-refractivity contribution in [2.24, 2.45) is 5.92 Å². The minimum absolute atomic E-state index is 0.0497. The summed E-state index contributed by atoms with van der Waals surface area (Å²) in [6, 6.07) is 2.61. The first-order valence-corrected chi connectivity index (χ1v) is 19.4. The lowest BCUT2D eigenvalue weighted by Crippen LogP contribution is -2.63. The summed E-state index contributed by atoms with van der Waals surface area (Å²) in [5, 5.41) is 14.5. The highest BCUT2D eigenvalue weighted by Gasteiger charge is 2.64. The zero-order valence-electron chi connectivity index (χ0n) is 31.7. The van der Waals surface area contributed by atoms with Gasteiger partial charge in [0, 0.05) is 50.3 Å². The summed E-state index contributed by atoms with van der Waals surface area (Å²) in [6.45, 7) is 8.92. The molecule has 1 aromatic carbocycles. The number of amides is 3. The van der Waals surface area contributed by atoms with Crippen LogP contribution in [-0.2, 0) is 39.8 Å². The number of thioether (sulfide) groups is 1. The summed E-state index contributed by atoms with van der Waals surface area (Å²) >= 11 is 12.6. The number of hydrogen-bond acceptors (Lipinski definition) is 12. The van der Waals surface area contributed by atoms with E-state index in [4.69, 9.17) is 35.3 Å². The van der Waals surface area contributed by atoms with Gasteiger partial charge in [-0.15, -0.1) is 11.8 Å². The largest absolute Gasteiger partial charge is 0.495 e. The van der Waals surface area contributed by atoms with Gasteiger partial charge in [-0.1, -0.05) is 42.3 Å². The molecule has 0 radical (unpaired) electrons. The smallest absolute Gasteiger partial charge is 0.409 e. The lowest BCUT2D eigenvalue weighted by atomic mass is 9.83. The Labute approximate surface area is 326 Å². The number of alkyl carbamates (subject to hydrolysis) is 1. The molecule has 53 heavy (non-hydrogen) atoms. The predicted octanol–water partition coefficient (Wildman–Crippen LogP) is 4.91. The van der Waals surface area contributed by atoms with Crippen LogP contribution in [0.5, 0.6) is 5.75 Å². The maximum atomic E-state index is 14.1. The van der Waals surface area contributed by atoms with Crippen molar-refractivity contribution in [3.63, 3.8) is 0 Å². The molecule has 0 aromatic heterocycles. The van der Waals surface area contributed by atoms with E-state index in [1.807, 2.05) is 19.9 Å². The zero-order valence-corrected chi connectivity index (χ0v) is 34.2. The number of esters is 1. The van der Waals surface area contributed by atoms with Crippen molar-refractivity contribution >= 4 is 65.6 Å². The predicted molar refractivity (Wildman–Crippen MR) is 206 cm³/mol. The standard InChI is InChI=1S/C37H52ClN3O10S2/c1-20-11-10-12-28(48-9)37(46)19-27(49-35(45)39-37)21(2)33-36(5,51-33)29(50-34(44)22(3)40(6)30(42)13-14-53-23(4)52)18-31(43)41(7)25-16-24(15-20)17-26(47-8)32(25)38/h10-12,16-17,21-23,27-29,33,46,52H,13-15,18-19H2,1-9H3,(H,39,45)/b12-10+,20-11+/t21-,22+,23?,27+,28-,29+,33+,36+,37+/m1/s1. The minimum atomic E-state index is -1.82. The first kappa shape index (κ1) is 42.8. The summed E-state index contributed by atoms with van der Waals surface area (Å²) in [7, 11) is 6.03. The highest BCUT2D eigenvalue weighted by molar-refractivity contribution is 8.10. The molecule has 16 heteroatoms. The number of hydrogen-bond donors (Lipinski definition) is 3. The van der Waals surface area contributed by atoms with Crippen LogP contribution in [-0.4, -0.2) is 114 Å². The summed E-state index contributed by atoms with van der Waals surface area (Å²) in [4.78, 5) is 56.4. The second-order valence-electron chi connectivity index (χ2n) is 14.1. The molecule has 1 unspecified atom stereocenters. The number of ether oxygens (including phenoxy) is 5. The Morgan fingerprint density at radius 1 is 1.26 bits per heavy atom. The Bertz CT molecular complexity index is 1610. The van der Waals surface area contributed by atoms with E-state index in [1.54, 1.807) is 52.1 Å². The molecule has 2 saturated heterocycles. The number of halogens is 1. The Morgan fingerprint density at radius 3 is 2.60 bits per heavy atom. The third-order valence-electron chi connectivity index (χ3n) is 10.2. The van der Waals surface area contributed by atoms with E-state index in [0.717, 1.165) is 11.1 Å². The molecule has 3 heterocycles. The molecule has 3 aliphatic heterocycles. The molecule has 1 aromatic rings. The van der Waals surface area contributed by atoms with Crippen LogP contribution in [0.25, 0.3) is 0 Å². The van der Waals surface area contributed by atoms with Crippen molar-refractivity contribution in [3.8, 4) is 5.75 Å². The number of carbonyl (C=O) groups is 4. The Hall–Kier alpha value is -2.95. The number of anilines is 1. The number of methoxy groups -OCH3 is 2. The van der Waals surface area contributed by atoms with Crippen LogP contribution < -0.4 is 15.0 Å². The van der Waals surface area contributed by atoms with Gasteiger partial charge in [0.25, 0.3) is 0 Å². The Morgan fingerprint density at radius 2 is 1.96 bits per heavy atom. The molecule has 4 bridgehead atoms. The first-order valence-electron chi connectivity index (χ1n) is 17.5. The zero-order chi connectivity index (χ0) is 39.4. The van der Waals surface area contributed by atoms with Crippen LogP contribution in [0.4, 0.5) is 10.5 Å². The van der Waals surface area contributed by atoms with Gasteiger partial charge in [-0.3, -0.25) is 14.9 Å². The fourth-order valence-corrected chi connectivity index (χ4v) is 7.97. The van der Waals surface area contributed by atoms with Crippen LogP contribution in [0.3, 0.4) is 0 Å². The topological polar surface area (TPSA) is 156 Å². The number of fused-ring (bicyclic) bond motifs is 5. The lowest BCUT2D eigenvalue weighted by molar-refractivity contribution is -0.162. The number of thiol groups is 1. The molecular formula is C37H52ClN3O10S2. The molecule has 2 N–H and O–H groups in total. The van der Waals surface area contributed by atoms with Gasteiger partial charge in [-0.25, -0.2) is 9.59 Å². The van der Waals surface area contributed by atoms with Crippen LogP contribution in [0.15, 0.2) is 35.9 Å². The number of aliphatic hydroxyl groups is 1. The van der Waals surface area contributed by atoms with Crippen molar-refractivity contribution in [1.29, 1.82) is 0 Å². The second-order valence-corrected chi connectivity index (χ2v) is 17.1.